The van der Waals surface area contributed by atoms with Gasteiger partial charge < -0.3 is 10.0 Å². The van der Waals surface area contributed by atoms with Crippen LogP contribution in [0.15, 0.2) is 24.3 Å². The summed E-state index contributed by atoms with van der Waals surface area (Å²) in [5.74, 6) is 0.806. The van der Waals surface area contributed by atoms with Crippen molar-refractivity contribution in [3.63, 3.8) is 0 Å². The van der Waals surface area contributed by atoms with E-state index >= 15 is 0 Å². The molecule has 16 heavy (non-hydrogen) atoms. The SMILES string of the molecule is CCC(O)c1ccc(N2CCC(C)C2)cc1. The second kappa shape index (κ2) is 4.88. The fraction of sp³-hybridized carbons (Fsp3) is 0.571. The largest absolute Gasteiger partial charge is 0.388 e. The van der Waals surface area contributed by atoms with Gasteiger partial charge in [0.2, 0.25) is 0 Å². The Morgan fingerprint density at radius 2 is 2.06 bits per heavy atom. The summed E-state index contributed by atoms with van der Waals surface area (Å²) in [5.41, 5.74) is 2.31. The van der Waals surface area contributed by atoms with Crippen LogP contribution >= 0.6 is 0 Å². The third-order valence-electron chi connectivity index (χ3n) is 3.45. The minimum atomic E-state index is -0.313. The highest BCUT2D eigenvalue weighted by molar-refractivity contribution is 5.48. The zero-order valence-electron chi connectivity index (χ0n) is 10.2. The Labute approximate surface area is 97.9 Å². The average molecular weight is 219 g/mol. The number of aliphatic hydroxyl groups excluding tert-OH is 1. The van der Waals surface area contributed by atoms with Crippen LogP contribution in [0.2, 0.25) is 0 Å². The Morgan fingerprint density at radius 3 is 2.56 bits per heavy atom. The number of benzene rings is 1. The molecule has 0 radical (unpaired) electrons. The summed E-state index contributed by atoms with van der Waals surface area (Å²) in [6, 6.07) is 8.36. The van der Waals surface area contributed by atoms with Crippen LogP contribution in [-0.2, 0) is 0 Å². The number of anilines is 1. The molecule has 2 nitrogen and oxygen atoms in total. The molecule has 2 unspecified atom stereocenters. The summed E-state index contributed by atoms with van der Waals surface area (Å²) in [6.45, 7) is 6.63. The highest BCUT2D eigenvalue weighted by Crippen LogP contribution is 2.25. The molecule has 0 bridgehead atoms. The first-order valence-corrected chi connectivity index (χ1v) is 6.23. The van der Waals surface area contributed by atoms with Gasteiger partial charge in [0, 0.05) is 18.8 Å². The van der Waals surface area contributed by atoms with E-state index in [2.05, 4.69) is 24.0 Å². The Kier molecular flexibility index (Phi) is 3.49. The van der Waals surface area contributed by atoms with Crippen LogP contribution in [0.25, 0.3) is 0 Å². The molecule has 88 valence electrons. The van der Waals surface area contributed by atoms with Gasteiger partial charge in [-0.05, 0) is 36.5 Å². The summed E-state index contributed by atoms with van der Waals surface area (Å²) in [5, 5.41) is 9.71. The van der Waals surface area contributed by atoms with Crippen molar-refractivity contribution in [2.24, 2.45) is 5.92 Å². The van der Waals surface area contributed by atoms with E-state index < -0.39 is 0 Å². The van der Waals surface area contributed by atoms with Crippen molar-refractivity contribution in [3.05, 3.63) is 29.8 Å². The van der Waals surface area contributed by atoms with E-state index in [4.69, 9.17) is 0 Å². The summed E-state index contributed by atoms with van der Waals surface area (Å²) in [4.78, 5) is 2.42. The molecule has 1 heterocycles. The molecule has 2 rings (SSSR count). The highest BCUT2D eigenvalue weighted by atomic mass is 16.3. The van der Waals surface area contributed by atoms with Crippen molar-refractivity contribution in [2.45, 2.75) is 32.8 Å². The second-order valence-electron chi connectivity index (χ2n) is 4.86. The van der Waals surface area contributed by atoms with Gasteiger partial charge in [-0.25, -0.2) is 0 Å². The predicted octanol–water partition coefficient (Wildman–Crippen LogP) is 2.98. The van der Waals surface area contributed by atoms with Gasteiger partial charge in [0.25, 0.3) is 0 Å². The lowest BCUT2D eigenvalue weighted by Gasteiger charge is -2.19. The maximum atomic E-state index is 9.71. The van der Waals surface area contributed by atoms with Gasteiger partial charge in [0.1, 0.15) is 0 Å². The Bertz CT molecular complexity index is 333. The number of hydrogen-bond acceptors (Lipinski definition) is 2. The zero-order chi connectivity index (χ0) is 11.5. The van der Waals surface area contributed by atoms with Gasteiger partial charge >= 0.3 is 0 Å². The van der Waals surface area contributed by atoms with E-state index in [1.807, 2.05) is 19.1 Å². The van der Waals surface area contributed by atoms with E-state index in [0.29, 0.717) is 0 Å². The molecule has 2 heteroatoms. The smallest absolute Gasteiger partial charge is 0.0787 e. The fourth-order valence-electron chi connectivity index (χ4n) is 2.31. The minimum absolute atomic E-state index is 0.313. The molecule has 1 aromatic carbocycles. The monoisotopic (exact) mass is 219 g/mol. The molecule has 0 aliphatic carbocycles. The lowest BCUT2D eigenvalue weighted by Crippen LogP contribution is -2.18. The summed E-state index contributed by atoms with van der Waals surface area (Å²) in [6.07, 6.45) is 1.76. The van der Waals surface area contributed by atoms with Crippen LogP contribution in [-0.4, -0.2) is 18.2 Å². The Balaban J connectivity index is 2.07. The first kappa shape index (κ1) is 11.5. The predicted molar refractivity (Wildman–Crippen MR) is 67.7 cm³/mol. The number of rotatable bonds is 3. The van der Waals surface area contributed by atoms with Gasteiger partial charge in [-0.15, -0.1) is 0 Å². The summed E-state index contributed by atoms with van der Waals surface area (Å²) in [7, 11) is 0. The van der Waals surface area contributed by atoms with Crippen molar-refractivity contribution < 1.29 is 5.11 Å². The van der Waals surface area contributed by atoms with Gasteiger partial charge in [-0.2, -0.15) is 0 Å². The number of nitrogens with zero attached hydrogens (tertiary/aromatic N) is 1. The van der Waals surface area contributed by atoms with E-state index in [1.54, 1.807) is 0 Å². The summed E-state index contributed by atoms with van der Waals surface area (Å²) >= 11 is 0. The van der Waals surface area contributed by atoms with Crippen molar-refractivity contribution in [3.8, 4) is 0 Å². The van der Waals surface area contributed by atoms with Gasteiger partial charge in [-0.3, -0.25) is 0 Å². The lowest BCUT2D eigenvalue weighted by atomic mass is 10.1. The number of hydrogen-bond donors (Lipinski definition) is 1. The summed E-state index contributed by atoms with van der Waals surface area (Å²) < 4.78 is 0. The molecular formula is C14H21NO. The molecule has 2 atom stereocenters. The van der Waals surface area contributed by atoms with Gasteiger partial charge in [0.05, 0.1) is 6.10 Å². The van der Waals surface area contributed by atoms with Crippen LogP contribution in [0.1, 0.15) is 38.4 Å². The third-order valence-corrected chi connectivity index (χ3v) is 3.45. The normalized spacial score (nSPS) is 22.4. The molecule has 1 saturated heterocycles. The van der Waals surface area contributed by atoms with Crippen molar-refractivity contribution >= 4 is 5.69 Å². The molecular weight excluding hydrogens is 198 g/mol. The van der Waals surface area contributed by atoms with Crippen LogP contribution in [0.5, 0.6) is 0 Å². The first-order chi connectivity index (χ1) is 7.70. The van der Waals surface area contributed by atoms with Crippen molar-refractivity contribution in [1.82, 2.24) is 0 Å². The molecule has 1 aliphatic rings. The second-order valence-corrected chi connectivity index (χ2v) is 4.86. The molecule has 0 spiro atoms. The Morgan fingerprint density at radius 1 is 1.38 bits per heavy atom. The molecule has 1 aromatic rings. The van der Waals surface area contributed by atoms with Crippen molar-refractivity contribution in [1.29, 1.82) is 0 Å². The van der Waals surface area contributed by atoms with Crippen LogP contribution in [0.3, 0.4) is 0 Å². The molecule has 1 aliphatic heterocycles. The maximum Gasteiger partial charge on any atom is 0.0787 e. The first-order valence-electron chi connectivity index (χ1n) is 6.23. The molecule has 0 aromatic heterocycles. The molecule has 0 amide bonds. The minimum Gasteiger partial charge on any atom is -0.388 e. The van der Waals surface area contributed by atoms with E-state index in [9.17, 15) is 5.11 Å². The standard InChI is InChI=1S/C14H21NO/c1-3-14(16)12-4-6-13(7-5-12)15-9-8-11(2)10-15/h4-7,11,14,16H,3,8-10H2,1-2H3. The van der Waals surface area contributed by atoms with Crippen LogP contribution < -0.4 is 4.90 Å². The molecule has 0 saturated carbocycles. The number of aliphatic hydroxyl groups is 1. The van der Waals surface area contributed by atoms with E-state index in [0.717, 1.165) is 31.0 Å². The maximum absolute atomic E-state index is 9.71. The fourth-order valence-corrected chi connectivity index (χ4v) is 2.31. The van der Waals surface area contributed by atoms with Gasteiger partial charge in [0.15, 0.2) is 0 Å². The third kappa shape index (κ3) is 2.38. The van der Waals surface area contributed by atoms with E-state index in [-0.39, 0.29) is 6.10 Å². The highest BCUT2D eigenvalue weighted by Gasteiger charge is 2.18. The average Bonchev–Trinajstić information content (AvgIpc) is 2.75. The molecule has 1 fully saturated rings. The Hall–Kier alpha value is -1.02. The van der Waals surface area contributed by atoms with Crippen LogP contribution in [0.4, 0.5) is 5.69 Å². The van der Waals surface area contributed by atoms with Crippen molar-refractivity contribution in [2.75, 3.05) is 18.0 Å². The quantitative estimate of drug-likeness (QED) is 0.844. The van der Waals surface area contributed by atoms with Gasteiger partial charge in [-0.1, -0.05) is 26.0 Å². The zero-order valence-corrected chi connectivity index (χ0v) is 10.2. The lowest BCUT2D eigenvalue weighted by molar-refractivity contribution is 0.173. The van der Waals surface area contributed by atoms with E-state index in [1.165, 1.54) is 12.1 Å². The topological polar surface area (TPSA) is 23.5 Å². The van der Waals surface area contributed by atoms with Crippen LogP contribution in [0, 0.1) is 5.92 Å². The molecule has 1 N–H and O–H groups in total.